The molecule has 0 radical (unpaired) electrons. The van der Waals surface area contributed by atoms with Crippen LogP contribution in [0.15, 0.2) is 12.4 Å². The molecule has 1 rings (SSSR count). The van der Waals surface area contributed by atoms with E-state index in [0.717, 1.165) is 13.1 Å². The lowest BCUT2D eigenvalue weighted by Crippen LogP contribution is -2.36. The second kappa shape index (κ2) is 2.73. The smallest absolute Gasteiger partial charge is 0.103 e. The molecule has 0 bridgehead atoms. The second-order valence-corrected chi connectivity index (χ2v) is 2.33. The number of nitrogens with two attached hydrogens (primary N) is 1. The summed E-state index contributed by atoms with van der Waals surface area (Å²) in [6, 6.07) is 0. The van der Waals surface area contributed by atoms with Gasteiger partial charge < -0.3 is 11.2 Å². The zero-order valence-corrected chi connectivity index (χ0v) is 5.56. The third-order valence-corrected chi connectivity index (χ3v) is 1.41. The van der Waals surface area contributed by atoms with E-state index >= 15 is 0 Å². The van der Waals surface area contributed by atoms with Crippen LogP contribution in [0.3, 0.4) is 0 Å². The molecule has 0 aromatic rings. The Morgan fingerprint density at radius 1 is 1.44 bits per heavy atom. The predicted molar refractivity (Wildman–Crippen MR) is 37.3 cm³/mol. The van der Waals surface area contributed by atoms with Gasteiger partial charge >= 0.3 is 0 Å². The number of hydrazine groups is 1. The van der Waals surface area contributed by atoms with Gasteiger partial charge in [0.25, 0.3) is 0 Å². The first kappa shape index (κ1) is 6.42. The average Bonchev–Trinajstić information content (AvgIpc) is 2.15. The molecule has 0 unspecified atom stereocenters. The van der Waals surface area contributed by atoms with Crippen LogP contribution in [0.25, 0.3) is 0 Å². The minimum Gasteiger partial charge on any atom is -0.385 e. The molecule has 1 saturated heterocycles. The molecule has 0 aliphatic carbocycles. The number of hydrogen-bond donors (Lipinski definition) is 2. The molecule has 1 fully saturated rings. The van der Waals surface area contributed by atoms with Gasteiger partial charge in [-0.1, -0.05) is 6.58 Å². The minimum atomic E-state index is 0.539. The van der Waals surface area contributed by atoms with E-state index in [1.54, 1.807) is 0 Å². The minimum absolute atomic E-state index is 0.539. The fourth-order valence-electron chi connectivity index (χ4n) is 1.03. The van der Waals surface area contributed by atoms with Crippen molar-refractivity contribution in [2.45, 2.75) is 12.8 Å². The summed E-state index contributed by atoms with van der Waals surface area (Å²) in [5.41, 5.74) is 8.28. The number of nitrogens with one attached hydrogen (secondary N) is 1. The van der Waals surface area contributed by atoms with Crippen LogP contribution in [0.2, 0.25) is 0 Å². The van der Waals surface area contributed by atoms with E-state index in [-0.39, 0.29) is 0 Å². The standard InChI is InChI=1S/C6H13N3/c1-6(7)8-9-4-2-3-5-9/h8H,1-5,7H2. The highest BCUT2D eigenvalue weighted by molar-refractivity contribution is 4.81. The van der Waals surface area contributed by atoms with Gasteiger partial charge in [-0.15, -0.1) is 0 Å². The summed E-state index contributed by atoms with van der Waals surface area (Å²) >= 11 is 0. The first-order valence-electron chi connectivity index (χ1n) is 3.25. The monoisotopic (exact) mass is 127 g/mol. The van der Waals surface area contributed by atoms with Crippen molar-refractivity contribution in [3.63, 3.8) is 0 Å². The molecular formula is C6H13N3. The molecule has 0 aromatic heterocycles. The summed E-state index contributed by atoms with van der Waals surface area (Å²) in [4.78, 5) is 0. The van der Waals surface area contributed by atoms with E-state index in [0.29, 0.717) is 5.82 Å². The molecule has 52 valence electrons. The van der Waals surface area contributed by atoms with Gasteiger partial charge in [0.1, 0.15) is 5.82 Å². The quantitative estimate of drug-likeness (QED) is 0.549. The number of rotatable bonds is 2. The van der Waals surface area contributed by atoms with E-state index in [4.69, 9.17) is 5.73 Å². The molecule has 0 aromatic carbocycles. The van der Waals surface area contributed by atoms with Gasteiger partial charge in [-0.3, -0.25) is 0 Å². The van der Waals surface area contributed by atoms with Gasteiger partial charge in [0.15, 0.2) is 0 Å². The Balaban J connectivity index is 2.19. The zero-order valence-electron chi connectivity index (χ0n) is 5.56. The van der Waals surface area contributed by atoms with E-state index in [1.807, 2.05) is 0 Å². The normalized spacial score (nSPS) is 20.0. The van der Waals surface area contributed by atoms with Crippen molar-refractivity contribution in [3.8, 4) is 0 Å². The van der Waals surface area contributed by atoms with Crippen molar-refractivity contribution in [1.29, 1.82) is 0 Å². The Bertz CT molecular complexity index is 105. The third kappa shape index (κ3) is 1.93. The van der Waals surface area contributed by atoms with Crippen LogP contribution in [-0.4, -0.2) is 18.1 Å². The Morgan fingerprint density at radius 3 is 2.44 bits per heavy atom. The first-order chi connectivity index (χ1) is 4.29. The number of hydrogen-bond acceptors (Lipinski definition) is 3. The molecule has 3 N–H and O–H groups in total. The van der Waals surface area contributed by atoms with Gasteiger partial charge in [-0.2, -0.15) is 0 Å². The van der Waals surface area contributed by atoms with Crippen molar-refractivity contribution in [3.05, 3.63) is 12.4 Å². The predicted octanol–water partition coefficient (Wildman–Crippen LogP) is 0.0167. The van der Waals surface area contributed by atoms with Crippen molar-refractivity contribution in [2.24, 2.45) is 5.73 Å². The summed E-state index contributed by atoms with van der Waals surface area (Å²) in [6.45, 7) is 5.73. The first-order valence-corrected chi connectivity index (χ1v) is 3.25. The largest absolute Gasteiger partial charge is 0.385 e. The van der Waals surface area contributed by atoms with Crippen LogP contribution >= 0.6 is 0 Å². The molecule has 3 nitrogen and oxygen atoms in total. The van der Waals surface area contributed by atoms with Crippen LogP contribution in [0, 0.1) is 0 Å². The van der Waals surface area contributed by atoms with Gasteiger partial charge in [0.05, 0.1) is 0 Å². The summed E-state index contributed by atoms with van der Waals surface area (Å²) in [6.07, 6.45) is 2.53. The molecular weight excluding hydrogens is 114 g/mol. The maximum absolute atomic E-state index is 5.32. The Labute approximate surface area is 55.5 Å². The Hall–Kier alpha value is -0.700. The third-order valence-electron chi connectivity index (χ3n) is 1.41. The maximum Gasteiger partial charge on any atom is 0.103 e. The van der Waals surface area contributed by atoms with Crippen LogP contribution in [0.5, 0.6) is 0 Å². The lowest BCUT2D eigenvalue weighted by molar-refractivity contribution is 0.266. The highest BCUT2D eigenvalue weighted by Crippen LogP contribution is 2.03. The highest BCUT2D eigenvalue weighted by Gasteiger charge is 2.09. The van der Waals surface area contributed by atoms with Crippen molar-refractivity contribution >= 4 is 0 Å². The molecule has 0 amide bonds. The Morgan fingerprint density at radius 2 is 2.00 bits per heavy atom. The van der Waals surface area contributed by atoms with E-state index < -0.39 is 0 Å². The summed E-state index contributed by atoms with van der Waals surface area (Å²) < 4.78 is 0. The molecule has 0 atom stereocenters. The van der Waals surface area contributed by atoms with Crippen LogP contribution in [-0.2, 0) is 0 Å². The van der Waals surface area contributed by atoms with Crippen molar-refractivity contribution in [1.82, 2.24) is 10.4 Å². The molecule has 3 heteroatoms. The van der Waals surface area contributed by atoms with E-state index in [2.05, 4.69) is 17.0 Å². The summed E-state index contributed by atoms with van der Waals surface area (Å²) in [5, 5.41) is 2.09. The molecule has 0 spiro atoms. The average molecular weight is 127 g/mol. The lowest BCUT2D eigenvalue weighted by Gasteiger charge is -2.16. The Kier molecular flexibility index (Phi) is 1.95. The summed E-state index contributed by atoms with van der Waals surface area (Å²) in [5.74, 6) is 0.539. The van der Waals surface area contributed by atoms with Gasteiger partial charge in [-0.25, -0.2) is 5.01 Å². The van der Waals surface area contributed by atoms with Crippen LogP contribution < -0.4 is 11.2 Å². The fourth-order valence-corrected chi connectivity index (χ4v) is 1.03. The highest BCUT2D eigenvalue weighted by atomic mass is 15.5. The molecule has 9 heavy (non-hydrogen) atoms. The topological polar surface area (TPSA) is 41.3 Å². The molecule has 1 aliphatic heterocycles. The number of nitrogens with zero attached hydrogens (tertiary/aromatic N) is 1. The molecule has 0 saturated carbocycles. The molecule has 1 heterocycles. The summed E-state index contributed by atoms with van der Waals surface area (Å²) in [7, 11) is 0. The van der Waals surface area contributed by atoms with Crippen molar-refractivity contribution < 1.29 is 0 Å². The van der Waals surface area contributed by atoms with Crippen LogP contribution in [0.4, 0.5) is 0 Å². The molecule has 1 aliphatic rings. The van der Waals surface area contributed by atoms with Crippen LogP contribution in [0.1, 0.15) is 12.8 Å². The van der Waals surface area contributed by atoms with Crippen molar-refractivity contribution in [2.75, 3.05) is 13.1 Å². The zero-order chi connectivity index (χ0) is 6.69. The lowest BCUT2D eigenvalue weighted by atomic mass is 10.4. The SMILES string of the molecule is C=C(N)NN1CCCC1. The van der Waals surface area contributed by atoms with E-state index in [1.165, 1.54) is 12.8 Å². The maximum atomic E-state index is 5.32. The fraction of sp³-hybridized carbons (Fsp3) is 0.667. The van der Waals surface area contributed by atoms with Gasteiger partial charge in [-0.05, 0) is 12.8 Å². The van der Waals surface area contributed by atoms with E-state index in [9.17, 15) is 0 Å². The second-order valence-electron chi connectivity index (χ2n) is 2.33. The van der Waals surface area contributed by atoms with Gasteiger partial charge in [0, 0.05) is 13.1 Å². The van der Waals surface area contributed by atoms with Gasteiger partial charge in [0.2, 0.25) is 0 Å².